The third-order valence-electron chi connectivity index (χ3n) is 3.68. The molecule has 0 bridgehead atoms. The molecule has 1 N–H and O–H groups in total. The molecule has 6 heteroatoms. The number of rotatable bonds is 7. The van der Waals surface area contributed by atoms with Gasteiger partial charge in [-0.1, -0.05) is 17.7 Å². The van der Waals surface area contributed by atoms with E-state index in [-0.39, 0.29) is 5.91 Å². The Kier molecular flexibility index (Phi) is 5.80. The Morgan fingerprint density at radius 2 is 1.92 bits per heavy atom. The molecule has 3 rings (SSSR count). The van der Waals surface area contributed by atoms with E-state index in [2.05, 4.69) is 15.3 Å². The van der Waals surface area contributed by atoms with Gasteiger partial charge in [-0.2, -0.15) is 0 Å². The zero-order valence-corrected chi connectivity index (χ0v) is 14.4. The number of nitrogens with one attached hydrogen (secondary N) is 1. The number of benzene rings is 1. The first kappa shape index (κ1) is 17.2. The number of carbonyl (C=O) groups is 1. The average molecular weight is 356 g/mol. The van der Waals surface area contributed by atoms with Crippen molar-refractivity contribution in [2.75, 3.05) is 6.54 Å². The summed E-state index contributed by atoms with van der Waals surface area (Å²) < 4.78 is 5.69. The second-order valence-electron chi connectivity index (χ2n) is 5.55. The molecule has 0 fully saturated rings. The normalized spacial score (nSPS) is 10.6. The summed E-state index contributed by atoms with van der Waals surface area (Å²) in [5.41, 5.74) is 1.87. The van der Waals surface area contributed by atoms with Crippen LogP contribution in [-0.2, 0) is 17.6 Å². The van der Waals surface area contributed by atoms with Crippen LogP contribution in [0, 0.1) is 0 Å². The second kappa shape index (κ2) is 8.44. The first-order valence-corrected chi connectivity index (χ1v) is 8.46. The summed E-state index contributed by atoms with van der Waals surface area (Å²) in [5, 5.41) is 3.56. The van der Waals surface area contributed by atoms with E-state index in [9.17, 15) is 4.79 Å². The van der Waals surface area contributed by atoms with Crippen LogP contribution in [0.5, 0.6) is 0 Å². The van der Waals surface area contributed by atoms with Crippen LogP contribution in [0.3, 0.4) is 0 Å². The number of carbonyl (C=O) groups excluding carboxylic acids is 1. The molecule has 2 aromatic heterocycles. The molecule has 25 heavy (non-hydrogen) atoms. The zero-order valence-electron chi connectivity index (χ0n) is 13.6. The summed E-state index contributed by atoms with van der Waals surface area (Å²) in [7, 11) is 0. The summed E-state index contributed by atoms with van der Waals surface area (Å²) in [6.07, 6.45) is 4.92. The fourth-order valence-electron chi connectivity index (χ4n) is 2.36. The molecule has 2 heterocycles. The van der Waals surface area contributed by atoms with E-state index in [0.717, 1.165) is 11.3 Å². The predicted molar refractivity (Wildman–Crippen MR) is 96.2 cm³/mol. The molecule has 0 radical (unpaired) electrons. The van der Waals surface area contributed by atoms with Crippen molar-refractivity contribution in [3.05, 3.63) is 71.5 Å². The Labute approximate surface area is 151 Å². The van der Waals surface area contributed by atoms with E-state index in [0.29, 0.717) is 42.5 Å². The molecule has 0 aliphatic carbocycles. The molecule has 0 saturated carbocycles. The van der Waals surface area contributed by atoms with Gasteiger partial charge in [0.1, 0.15) is 0 Å². The van der Waals surface area contributed by atoms with Crippen LogP contribution in [0.4, 0.5) is 0 Å². The van der Waals surface area contributed by atoms with E-state index >= 15 is 0 Å². The highest BCUT2D eigenvalue weighted by molar-refractivity contribution is 6.30. The Bertz CT molecular complexity index is 816. The van der Waals surface area contributed by atoms with Gasteiger partial charge in [0.2, 0.25) is 5.91 Å². The topological polar surface area (TPSA) is 68.0 Å². The number of hydrogen-bond acceptors (Lipinski definition) is 4. The van der Waals surface area contributed by atoms with Gasteiger partial charge < -0.3 is 9.73 Å². The fourth-order valence-corrected chi connectivity index (χ4v) is 2.48. The highest BCUT2D eigenvalue weighted by Gasteiger charge is 2.09. The average Bonchev–Trinajstić information content (AvgIpc) is 3.10. The second-order valence-corrected chi connectivity index (χ2v) is 5.98. The highest BCUT2D eigenvalue weighted by Crippen LogP contribution is 2.22. The minimum absolute atomic E-state index is 0.0258. The maximum absolute atomic E-state index is 11.9. The molecule has 1 aromatic carbocycles. The van der Waals surface area contributed by atoms with E-state index in [1.807, 2.05) is 30.3 Å². The molecule has 0 spiro atoms. The number of hydrogen-bond donors (Lipinski definition) is 1. The van der Waals surface area contributed by atoms with Crippen molar-refractivity contribution < 1.29 is 9.21 Å². The fraction of sp³-hybridized carbons (Fsp3) is 0.211. The molecule has 0 unspecified atom stereocenters. The molecular weight excluding hydrogens is 338 g/mol. The lowest BCUT2D eigenvalue weighted by atomic mass is 10.2. The first-order valence-electron chi connectivity index (χ1n) is 8.08. The standard InChI is InChI=1S/C19H18ClN3O2/c20-15-6-4-14(5-7-15)17-13-23-19(25-17)9-8-18(24)22-12-10-16-3-1-2-11-21-16/h1-7,11,13H,8-10,12H2,(H,22,24). The summed E-state index contributed by atoms with van der Waals surface area (Å²) in [6, 6.07) is 13.1. The van der Waals surface area contributed by atoms with Crippen LogP contribution in [0.1, 0.15) is 18.0 Å². The summed E-state index contributed by atoms with van der Waals surface area (Å²) in [4.78, 5) is 20.4. The Morgan fingerprint density at radius 3 is 2.68 bits per heavy atom. The molecule has 1 amide bonds. The van der Waals surface area contributed by atoms with Gasteiger partial charge in [0.25, 0.3) is 0 Å². The van der Waals surface area contributed by atoms with Crippen LogP contribution < -0.4 is 5.32 Å². The minimum atomic E-state index is -0.0258. The van der Waals surface area contributed by atoms with Crippen LogP contribution in [-0.4, -0.2) is 22.4 Å². The van der Waals surface area contributed by atoms with Crippen molar-refractivity contribution in [2.45, 2.75) is 19.3 Å². The molecule has 0 saturated heterocycles. The summed E-state index contributed by atoms with van der Waals surface area (Å²) in [6.45, 7) is 0.567. The Morgan fingerprint density at radius 1 is 1.08 bits per heavy atom. The number of halogens is 1. The molecule has 0 aliphatic rings. The van der Waals surface area contributed by atoms with Crippen LogP contribution >= 0.6 is 11.6 Å². The minimum Gasteiger partial charge on any atom is -0.441 e. The number of aromatic nitrogens is 2. The zero-order chi connectivity index (χ0) is 17.5. The third-order valence-corrected chi connectivity index (χ3v) is 3.93. The largest absolute Gasteiger partial charge is 0.441 e. The van der Waals surface area contributed by atoms with Crippen molar-refractivity contribution in [2.24, 2.45) is 0 Å². The van der Waals surface area contributed by atoms with Crippen molar-refractivity contribution in [1.82, 2.24) is 15.3 Å². The molecule has 3 aromatic rings. The van der Waals surface area contributed by atoms with Crippen molar-refractivity contribution >= 4 is 17.5 Å². The van der Waals surface area contributed by atoms with E-state index in [1.54, 1.807) is 24.5 Å². The van der Waals surface area contributed by atoms with Crippen LogP contribution in [0.15, 0.2) is 59.3 Å². The van der Waals surface area contributed by atoms with Crippen molar-refractivity contribution in [3.8, 4) is 11.3 Å². The number of pyridine rings is 1. The lowest BCUT2D eigenvalue weighted by Gasteiger charge is -2.04. The van der Waals surface area contributed by atoms with Crippen molar-refractivity contribution in [1.29, 1.82) is 0 Å². The molecule has 128 valence electrons. The van der Waals surface area contributed by atoms with E-state index in [1.165, 1.54) is 0 Å². The Balaban J connectivity index is 1.44. The van der Waals surface area contributed by atoms with Gasteiger partial charge in [-0.25, -0.2) is 4.98 Å². The number of nitrogens with zero attached hydrogens (tertiary/aromatic N) is 2. The predicted octanol–water partition coefficient (Wildman–Crippen LogP) is 3.68. The van der Waals surface area contributed by atoms with Gasteiger partial charge in [-0.05, 0) is 36.4 Å². The lowest BCUT2D eigenvalue weighted by Crippen LogP contribution is -2.26. The maximum atomic E-state index is 11.9. The van der Waals surface area contributed by atoms with Gasteiger partial charge in [-0.3, -0.25) is 9.78 Å². The lowest BCUT2D eigenvalue weighted by molar-refractivity contribution is -0.121. The van der Waals surface area contributed by atoms with E-state index in [4.69, 9.17) is 16.0 Å². The van der Waals surface area contributed by atoms with Crippen LogP contribution in [0.25, 0.3) is 11.3 Å². The number of aryl methyl sites for hydroxylation is 1. The first-order chi connectivity index (χ1) is 12.2. The number of oxazole rings is 1. The quantitative estimate of drug-likeness (QED) is 0.702. The van der Waals surface area contributed by atoms with Gasteiger partial charge in [-0.15, -0.1) is 0 Å². The SMILES string of the molecule is O=C(CCc1ncc(-c2ccc(Cl)cc2)o1)NCCc1ccccn1. The summed E-state index contributed by atoms with van der Waals surface area (Å²) >= 11 is 5.88. The third kappa shape index (κ3) is 5.16. The molecular formula is C19H18ClN3O2. The number of amides is 1. The molecule has 0 aliphatic heterocycles. The van der Waals surface area contributed by atoms with Crippen LogP contribution in [0.2, 0.25) is 5.02 Å². The smallest absolute Gasteiger partial charge is 0.220 e. The van der Waals surface area contributed by atoms with Gasteiger partial charge in [0, 0.05) is 48.3 Å². The maximum Gasteiger partial charge on any atom is 0.220 e. The monoisotopic (exact) mass is 355 g/mol. The van der Waals surface area contributed by atoms with Crippen molar-refractivity contribution in [3.63, 3.8) is 0 Å². The Hall–Kier alpha value is -2.66. The molecule has 0 atom stereocenters. The van der Waals surface area contributed by atoms with E-state index < -0.39 is 0 Å². The summed E-state index contributed by atoms with van der Waals surface area (Å²) in [5.74, 6) is 1.19. The van der Waals surface area contributed by atoms with Gasteiger partial charge >= 0.3 is 0 Å². The van der Waals surface area contributed by atoms with Gasteiger partial charge in [0.15, 0.2) is 11.7 Å². The van der Waals surface area contributed by atoms with Gasteiger partial charge in [0.05, 0.1) is 6.20 Å². The molecule has 5 nitrogen and oxygen atoms in total. The highest BCUT2D eigenvalue weighted by atomic mass is 35.5.